The molecule has 0 aromatic carbocycles. The zero-order chi connectivity index (χ0) is 15.2. The molecule has 0 aliphatic heterocycles. The standard InChI is InChI=1S/C15H24N4S2/c1-5-7-17-15-18-13(16-8-6-10(2)20-4)12-9-11(3)21-14(12)19-15/h9-10H,5-8H2,1-4H3,(H2,16,17,18,19). The van der Waals surface area contributed by atoms with E-state index in [4.69, 9.17) is 0 Å². The molecule has 0 saturated heterocycles. The topological polar surface area (TPSA) is 49.8 Å². The van der Waals surface area contributed by atoms with Crippen molar-refractivity contribution < 1.29 is 0 Å². The molecule has 21 heavy (non-hydrogen) atoms. The molecule has 0 fully saturated rings. The van der Waals surface area contributed by atoms with Crippen LogP contribution >= 0.6 is 23.1 Å². The van der Waals surface area contributed by atoms with Gasteiger partial charge in [-0.05, 0) is 32.1 Å². The number of aromatic nitrogens is 2. The van der Waals surface area contributed by atoms with Crippen molar-refractivity contribution in [1.29, 1.82) is 0 Å². The Kier molecular flexibility index (Phi) is 6.11. The first kappa shape index (κ1) is 16.4. The Hall–Kier alpha value is -1.01. The predicted molar refractivity (Wildman–Crippen MR) is 97.0 cm³/mol. The van der Waals surface area contributed by atoms with Gasteiger partial charge in [0.25, 0.3) is 0 Å². The van der Waals surface area contributed by atoms with Gasteiger partial charge in [-0.1, -0.05) is 13.8 Å². The van der Waals surface area contributed by atoms with Crippen LogP contribution < -0.4 is 10.6 Å². The lowest BCUT2D eigenvalue weighted by Crippen LogP contribution is -2.11. The van der Waals surface area contributed by atoms with Crippen molar-refractivity contribution >= 4 is 45.1 Å². The zero-order valence-electron chi connectivity index (χ0n) is 13.2. The molecule has 2 heterocycles. The molecule has 6 heteroatoms. The summed E-state index contributed by atoms with van der Waals surface area (Å²) in [6.45, 7) is 8.36. The fourth-order valence-corrected chi connectivity index (χ4v) is 3.24. The quantitative estimate of drug-likeness (QED) is 0.755. The number of hydrogen-bond donors (Lipinski definition) is 2. The highest BCUT2D eigenvalue weighted by Crippen LogP contribution is 2.29. The molecular weight excluding hydrogens is 300 g/mol. The summed E-state index contributed by atoms with van der Waals surface area (Å²) in [7, 11) is 0. The van der Waals surface area contributed by atoms with Crippen LogP contribution in [0.4, 0.5) is 11.8 Å². The molecule has 0 saturated carbocycles. The lowest BCUT2D eigenvalue weighted by Gasteiger charge is -2.11. The zero-order valence-corrected chi connectivity index (χ0v) is 14.8. The lowest BCUT2D eigenvalue weighted by atomic mass is 10.3. The summed E-state index contributed by atoms with van der Waals surface area (Å²) >= 11 is 3.62. The van der Waals surface area contributed by atoms with Crippen molar-refractivity contribution in [3.8, 4) is 0 Å². The fourth-order valence-electron chi connectivity index (χ4n) is 2.00. The van der Waals surface area contributed by atoms with Crippen LogP contribution in [0, 0.1) is 6.92 Å². The highest BCUT2D eigenvalue weighted by molar-refractivity contribution is 7.99. The Balaban J connectivity index is 2.18. The van der Waals surface area contributed by atoms with Crippen molar-refractivity contribution in [3.63, 3.8) is 0 Å². The monoisotopic (exact) mass is 324 g/mol. The minimum absolute atomic E-state index is 0.664. The number of thioether (sulfide) groups is 1. The van der Waals surface area contributed by atoms with Crippen LogP contribution in [-0.4, -0.2) is 34.6 Å². The van der Waals surface area contributed by atoms with Crippen molar-refractivity contribution in [3.05, 3.63) is 10.9 Å². The van der Waals surface area contributed by atoms with Gasteiger partial charge in [0, 0.05) is 23.2 Å². The molecule has 0 amide bonds. The second kappa shape index (κ2) is 7.84. The maximum absolute atomic E-state index is 4.64. The molecule has 116 valence electrons. The van der Waals surface area contributed by atoms with Gasteiger partial charge in [-0.2, -0.15) is 16.7 Å². The minimum atomic E-state index is 0.664. The number of nitrogens with zero attached hydrogens (tertiary/aromatic N) is 2. The van der Waals surface area contributed by atoms with E-state index >= 15 is 0 Å². The van der Waals surface area contributed by atoms with Crippen LogP contribution in [0.3, 0.4) is 0 Å². The average molecular weight is 325 g/mol. The normalized spacial score (nSPS) is 12.6. The number of nitrogens with one attached hydrogen (secondary N) is 2. The van der Waals surface area contributed by atoms with E-state index in [1.807, 2.05) is 11.8 Å². The molecule has 0 spiro atoms. The van der Waals surface area contributed by atoms with Gasteiger partial charge in [0.2, 0.25) is 5.95 Å². The molecule has 0 aliphatic rings. The molecule has 1 unspecified atom stereocenters. The van der Waals surface area contributed by atoms with E-state index < -0.39 is 0 Å². The van der Waals surface area contributed by atoms with Crippen LogP contribution in [0.2, 0.25) is 0 Å². The fraction of sp³-hybridized carbons (Fsp3) is 0.600. The van der Waals surface area contributed by atoms with E-state index in [0.717, 1.165) is 47.9 Å². The first-order chi connectivity index (χ1) is 10.1. The maximum atomic E-state index is 4.64. The molecule has 0 aliphatic carbocycles. The third-order valence-corrected chi connectivity index (χ3v) is 5.28. The van der Waals surface area contributed by atoms with Gasteiger partial charge in [-0.3, -0.25) is 0 Å². The van der Waals surface area contributed by atoms with Crippen LogP contribution in [0.5, 0.6) is 0 Å². The minimum Gasteiger partial charge on any atom is -0.369 e. The lowest BCUT2D eigenvalue weighted by molar-refractivity contribution is 0.850. The first-order valence-corrected chi connectivity index (χ1v) is 9.53. The van der Waals surface area contributed by atoms with Gasteiger partial charge in [-0.15, -0.1) is 11.3 Å². The van der Waals surface area contributed by atoms with Crippen molar-refractivity contribution in [1.82, 2.24) is 9.97 Å². The summed E-state index contributed by atoms with van der Waals surface area (Å²) in [5, 5.41) is 8.57. The molecule has 0 radical (unpaired) electrons. The highest BCUT2D eigenvalue weighted by atomic mass is 32.2. The summed E-state index contributed by atoms with van der Waals surface area (Å²) in [6.07, 6.45) is 4.36. The van der Waals surface area contributed by atoms with Crippen molar-refractivity contribution in [2.75, 3.05) is 30.0 Å². The second-order valence-electron chi connectivity index (χ2n) is 5.16. The third kappa shape index (κ3) is 4.48. The summed E-state index contributed by atoms with van der Waals surface area (Å²) in [5.41, 5.74) is 0. The van der Waals surface area contributed by atoms with Gasteiger partial charge in [0.15, 0.2) is 0 Å². The predicted octanol–water partition coefficient (Wildman–Crippen LogP) is 4.38. The Bertz CT molecular complexity index is 582. The Morgan fingerprint density at radius 1 is 1.29 bits per heavy atom. The van der Waals surface area contributed by atoms with E-state index in [1.54, 1.807) is 11.3 Å². The largest absolute Gasteiger partial charge is 0.369 e. The molecule has 2 aromatic heterocycles. The third-order valence-electron chi connectivity index (χ3n) is 3.29. The average Bonchev–Trinajstić information content (AvgIpc) is 2.85. The Morgan fingerprint density at radius 2 is 2.10 bits per heavy atom. The Morgan fingerprint density at radius 3 is 2.81 bits per heavy atom. The summed E-state index contributed by atoms with van der Waals surface area (Å²) < 4.78 is 0. The summed E-state index contributed by atoms with van der Waals surface area (Å²) in [4.78, 5) is 11.6. The van der Waals surface area contributed by atoms with E-state index in [1.165, 1.54) is 4.88 Å². The molecule has 2 rings (SSSR count). The smallest absolute Gasteiger partial charge is 0.226 e. The molecule has 2 aromatic rings. The van der Waals surface area contributed by atoms with Gasteiger partial charge >= 0.3 is 0 Å². The van der Waals surface area contributed by atoms with Crippen molar-refractivity contribution in [2.45, 2.75) is 38.9 Å². The Labute approximate surface area is 135 Å². The van der Waals surface area contributed by atoms with E-state index in [9.17, 15) is 0 Å². The first-order valence-electron chi connectivity index (χ1n) is 7.42. The number of fused-ring (bicyclic) bond motifs is 1. The number of rotatable bonds is 8. The van der Waals surface area contributed by atoms with E-state index in [2.05, 4.69) is 53.7 Å². The van der Waals surface area contributed by atoms with Gasteiger partial charge in [0.05, 0.1) is 5.39 Å². The highest BCUT2D eigenvalue weighted by Gasteiger charge is 2.10. The molecule has 4 nitrogen and oxygen atoms in total. The van der Waals surface area contributed by atoms with Gasteiger partial charge in [-0.25, -0.2) is 4.98 Å². The molecule has 0 bridgehead atoms. The number of thiophene rings is 1. The van der Waals surface area contributed by atoms with Crippen LogP contribution in [0.15, 0.2) is 6.07 Å². The van der Waals surface area contributed by atoms with E-state index in [-0.39, 0.29) is 0 Å². The van der Waals surface area contributed by atoms with Crippen LogP contribution in [-0.2, 0) is 0 Å². The molecule has 1 atom stereocenters. The number of anilines is 2. The summed E-state index contributed by atoms with van der Waals surface area (Å²) in [6, 6.07) is 2.17. The molecular formula is C15H24N4S2. The SMILES string of the molecule is CCCNc1nc(NCCC(C)SC)c2cc(C)sc2n1. The van der Waals surface area contributed by atoms with E-state index in [0.29, 0.717) is 5.25 Å². The van der Waals surface area contributed by atoms with Gasteiger partial charge in [0.1, 0.15) is 10.6 Å². The molecule has 2 N–H and O–H groups in total. The van der Waals surface area contributed by atoms with Crippen LogP contribution in [0.25, 0.3) is 10.2 Å². The maximum Gasteiger partial charge on any atom is 0.226 e. The second-order valence-corrected chi connectivity index (χ2v) is 7.67. The number of aryl methyl sites for hydroxylation is 1. The summed E-state index contributed by atoms with van der Waals surface area (Å²) in [5.74, 6) is 1.68. The van der Waals surface area contributed by atoms with Crippen molar-refractivity contribution in [2.24, 2.45) is 0 Å². The number of hydrogen-bond acceptors (Lipinski definition) is 6. The van der Waals surface area contributed by atoms with Crippen LogP contribution in [0.1, 0.15) is 31.6 Å². The van der Waals surface area contributed by atoms with Gasteiger partial charge < -0.3 is 10.6 Å².